The first-order chi connectivity index (χ1) is 8.74. The van der Waals surface area contributed by atoms with Crippen LogP contribution >= 0.6 is 11.6 Å². The van der Waals surface area contributed by atoms with Gasteiger partial charge in [0.15, 0.2) is 0 Å². The highest BCUT2D eigenvalue weighted by Crippen LogP contribution is 2.27. The molecule has 1 aromatic rings. The van der Waals surface area contributed by atoms with Gasteiger partial charge in [-0.15, -0.1) is 0 Å². The van der Waals surface area contributed by atoms with E-state index < -0.39 is 0 Å². The lowest BCUT2D eigenvalue weighted by Crippen LogP contribution is -2.34. The van der Waals surface area contributed by atoms with Gasteiger partial charge < -0.3 is 5.32 Å². The third-order valence-electron chi connectivity index (χ3n) is 2.84. The topological polar surface area (TPSA) is 12.0 Å². The fraction of sp³-hybridized carbons (Fsp3) is 0.125. The van der Waals surface area contributed by atoms with Crippen LogP contribution in [0.5, 0.6) is 0 Å². The molecule has 0 heterocycles. The standard InChI is InChI=1S/C16H16ClN/c1-2-14(17)13-16(11-7-4-8-12-16)18-15-9-5-3-6-10-15/h2-11,13,18H,1,12H2. The van der Waals surface area contributed by atoms with Gasteiger partial charge in [-0.05, 0) is 24.6 Å². The van der Waals surface area contributed by atoms with Crippen molar-refractivity contribution in [1.29, 1.82) is 0 Å². The molecule has 0 fully saturated rings. The fourth-order valence-electron chi connectivity index (χ4n) is 1.97. The Hall–Kier alpha value is -1.73. The van der Waals surface area contributed by atoms with Crippen LogP contribution in [-0.4, -0.2) is 5.54 Å². The van der Waals surface area contributed by atoms with Crippen LogP contribution in [0.2, 0.25) is 0 Å². The van der Waals surface area contributed by atoms with Crippen molar-refractivity contribution in [3.8, 4) is 0 Å². The highest BCUT2D eigenvalue weighted by atomic mass is 35.5. The van der Waals surface area contributed by atoms with E-state index >= 15 is 0 Å². The van der Waals surface area contributed by atoms with Crippen molar-refractivity contribution in [1.82, 2.24) is 0 Å². The number of benzene rings is 1. The number of anilines is 1. The van der Waals surface area contributed by atoms with E-state index in [1.165, 1.54) is 0 Å². The molecule has 92 valence electrons. The Morgan fingerprint density at radius 2 is 2.06 bits per heavy atom. The number of hydrogen-bond acceptors (Lipinski definition) is 1. The van der Waals surface area contributed by atoms with Gasteiger partial charge in [0.2, 0.25) is 0 Å². The molecule has 0 radical (unpaired) electrons. The van der Waals surface area contributed by atoms with Crippen LogP contribution in [0.4, 0.5) is 5.69 Å². The molecule has 1 unspecified atom stereocenters. The lowest BCUT2D eigenvalue weighted by atomic mass is 9.90. The Kier molecular flexibility index (Phi) is 4.06. The summed E-state index contributed by atoms with van der Waals surface area (Å²) in [5, 5.41) is 4.16. The smallest absolute Gasteiger partial charge is 0.0795 e. The molecule has 0 aliphatic heterocycles. The van der Waals surface area contributed by atoms with Gasteiger partial charge in [0, 0.05) is 10.7 Å². The third-order valence-corrected chi connectivity index (χ3v) is 3.10. The highest BCUT2D eigenvalue weighted by molar-refractivity contribution is 6.31. The number of rotatable bonds is 4. The van der Waals surface area contributed by atoms with E-state index in [4.69, 9.17) is 11.6 Å². The predicted octanol–water partition coefficient (Wildman–Crippen LogP) is 4.66. The summed E-state index contributed by atoms with van der Waals surface area (Å²) in [5.74, 6) is 0. The highest BCUT2D eigenvalue weighted by Gasteiger charge is 2.24. The van der Waals surface area contributed by atoms with Gasteiger partial charge in [0.25, 0.3) is 0 Å². The van der Waals surface area contributed by atoms with Crippen molar-refractivity contribution in [3.63, 3.8) is 0 Å². The maximum atomic E-state index is 6.10. The van der Waals surface area contributed by atoms with Gasteiger partial charge in [-0.3, -0.25) is 0 Å². The number of allylic oxidation sites excluding steroid dienone is 4. The van der Waals surface area contributed by atoms with Crippen molar-refractivity contribution in [2.45, 2.75) is 12.0 Å². The third kappa shape index (κ3) is 3.14. The van der Waals surface area contributed by atoms with Crippen LogP contribution in [0, 0.1) is 0 Å². The second kappa shape index (κ2) is 5.74. The predicted molar refractivity (Wildman–Crippen MR) is 79.8 cm³/mol. The minimum absolute atomic E-state index is 0.276. The Balaban J connectivity index is 2.29. The molecular weight excluding hydrogens is 242 g/mol. The Morgan fingerprint density at radius 1 is 1.28 bits per heavy atom. The molecule has 1 aliphatic carbocycles. The van der Waals surface area contributed by atoms with Gasteiger partial charge in [-0.2, -0.15) is 0 Å². The van der Waals surface area contributed by atoms with Crippen LogP contribution < -0.4 is 5.32 Å². The molecule has 2 heteroatoms. The molecule has 0 aromatic heterocycles. The summed E-state index contributed by atoms with van der Waals surface area (Å²) >= 11 is 6.10. The number of para-hydroxylation sites is 1. The van der Waals surface area contributed by atoms with Gasteiger partial charge in [0.1, 0.15) is 0 Å². The van der Waals surface area contributed by atoms with Crippen molar-refractivity contribution in [2.24, 2.45) is 0 Å². The van der Waals surface area contributed by atoms with E-state index in [0.29, 0.717) is 5.03 Å². The zero-order valence-corrected chi connectivity index (χ0v) is 10.9. The van der Waals surface area contributed by atoms with E-state index in [1.54, 1.807) is 6.08 Å². The molecule has 1 aliphatic rings. The summed E-state index contributed by atoms with van der Waals surface area (Å²) < 4.78 is 0. The fourth-order valence-corrected chi connectivity index (χ4v) is 2.16. The summed E-state index contributed by atoms with van der Waals surface area (Å²) in [5.41, 5.74) is 0.795. The molecular formula is C16H16ClN. The summed E-state index contributed by atoms with van der Waals surface area (Å²) in [7, 11) is 0. The molecule has 1 nitrogen and oxygen atoms in total. The first-order valence-corrected chi connectivity index (χ1v) is 6.30. The van der Waals surface area contributed by atoms with Crippen molar-refractivity contribution in [3.05, 3.63) is 78.4 Å². The lowest BCUT2D eigenvalue weighted by molar-refractivity contribution is 0.713. The molecule has 0 amide bonds. The maximum Gasteiger partial charge on any atom is 0.0795 e. The van der Waals surface area contributed by atoms with Crippen LogP contribution in [0.15, 0.2) is 78.4 Å². The first kappa shape index (κ1) is 12.7. The zero-order chi connectivity index (χ0) is 12.8. The lowest BCUT2D eigenvalue weighted by Gasteiger charge is -2.31. The van der Waals surface area contributed by atoms with Gasteiger partial charge in [-0.25, -0.2) is 0 Å². The normalized spacial score (nSPS) is 22.8. The second-order valence-corrected chi connectivity index (χ2v) is 4.69. The van der Waals surface area contributed by atoms with E-state index in [1.807, 2.05) is 48.6 Å². The van der Waals surface area contributed by atoms with Crippen LogP contribution in [-0.2, 0) is 0 Å². The Bertz CT molecular complexity index is 499. The molecule has 18 heavy (non-hydrogen) atoms. The number of hydrogen-bond donors (Lipinski definition) is 1. The van der Waals surface area contributed by atoms with E-state index in [9.17, 15) is 0 Å². The van der Waals surface area contributed by atoms with Crippen molar-refractivity contribution in [2.75, 3.05) is 5.32 Å². The molecule has 0 spiro atoms. The van der Waals surface area contributed by atoms with E-state index in [2.05, 4.69) is 24.0 Å². The minimum atomic E-state index is -0.276. The van der Waals surface area contributed by atoms with E-state index in [-0.39, 0.29) is 5.54 Å². The summed E-state index contributed by atoms with van der Waals surface area (Å²) in [6.45, 7) is 3.69. The molecule has 1 aromatic carbocycles. The largest absolute Gasteiger partial charge is 0.372 e. The quantitative estimate of drug-likeness (QED) is 0.774. The molecule has 1 N–H and O–H groups in total. The number of nitrogens with one attached hydrogen (secondary N) is 1. The molecule has 0 saturated carbocycles. The van der Waals surface area contributed by atoms with Gasteiger partial charge in [0.05, 0.1) is 5.54 Å². The summed E-state index contributed by atoms with van der Waals surface area (Å²) in [6.07, 6.45) is 12.8. The molecule has 1 atom stereocenters. The zero-order valence-electron chi connectivity index (χ0n) is 10.1. The monoisotopic (exact) mass is 257 g/mol. The van der Waals surface area contributed by atoms with Gasteiger partial charge in [-0.1, -0.05) is 66.8 Å². The Labute approximate surface area is 113 Å². The Morgan fingerprint density at radius 3 is 2.67 bits per heavy atom. The first-order valence-electron chi connectivity index (χ1n) is 5.92. The van der Waals surface area contributed by atoms with E-state index in [0.717, 1.165) is 12.1 Å². The average Bonchev–Trinajstić information content (AvgIpc) is 2.40. The van der Waals surface area contributed by atoms with Crippen LogP contribution in [0.25, 0.3) is 0 Å². The van der Waals surface area contributed by atoms with Crippen molar-refractivity contribution < 1.29 is 0 Å². The number of halogens is 1. The molecule has 0 bridgehead atoms. The summed E-state index contributed by atoms with van der Waals surface area (Å²) in [6, 6.07) is 10.1. The maximum absolute atomic E-state index is 6.10. The molecule has 0 saturated heterocycles. The van der Waals surface area contributed by atoms with Gasteiger partial charge >= 0.3 is 0 Å². The van der Waals surface area contributed by atoms with Crippen LogP contribution in [0.1, 0.15) is 6.42 Å². The minimum Gasteiger partial charge on any atom is -0.372 e. The molecule has 2 rings (SSSR count). The van der Waals surface area contributed by atoms with Crippen molar-refractivity contribution >= 4 is 17.3 Å². The SMILES string of the molecule is C=CC(Cl)=CC1(Nc2ccccc2)C=CC=CC1. The average molecular weight is 258 g/mol. The summed E-state index contributed by atoms with van der Waals surface area (Å²) in [4.78, 5) is 0. The van der Waals surface area contributed by atoms with Crippen LogP contribution in [0.3, 0.4) is 0 Å². The second-order valence-electron chi connectivity index (χ2n) is 4.26.